The van der Waals surface area contributed by atoms with Crippen molar-refractivity contribution in [2.45, 2.75) is 25.8 Å². The zero-order valence-electron chi connectivity index (χ0n) is 16.3. The molecule has 0 saturated heterocycles. The maximum atomic E-state index is 12.7. The molecule has 1 aromatic carbocycles. The van der Waals surface area contributed by atoms with Crippen molar-refractivity contribution in [3.05, 3.63) is 80.9 Å². The summed E-state index contributed by atoms with van der Waals surface area (Å²) >= 11 is 0. The number of pyridine rings is 1. The Morgan fingerprint density at radius 2 is 1.87 bits per heavy atom. The van der Waals surface area contributed by atoms with E-state index in [4.69, 9.17) is 9.97 Å². The van der Waals surface area contributed by atoms with E-state index in [-0.39, 0.29) is 12.1 Å². The van der Waals surface area contributed by atoms with Gasteiger partial charge in [0.05, 0.1) is 10.9 Å². The van der Waals surface area contributed by atoms with Crippen LogP contribution in [0.5, 0.6) is 0 Å². The molecular formula is C22H20N6O2. The molecule has 0 atom stereocenters. The number of aryl methyl sites for hydroxylation is 1. The van der Waals surface area contributed by atoms with E-state index in [0.29, 0.717) is 23.3 Å². The second kappa shape index (κ2) is 7.55. The third kappa shape index (κ3) is 3.26. The van der Waals surface area contributed by atoms with Crippen LogP contribution in [0, 0.1) is 0 Å². The third-order valence-electron chi connectivity index (χ3n) is 5.39. The summed E-state index contributed by atoms with van der Waals surface area (Å²) in [5.74, 6) is 1.43. The highest BCUT2D eigenvalue weighted by Crippen LogP contribution is 2.28. The first-order valence-corrected chi connectivity index (χ1v) is 9.96. The van der Waals surface area contributed by atoms with Crippen LogP contribution in [-0.2, 0) is 19.4 Å². The number of nitrogens with one attached hydrogen (secondary N) is 2. The van der Waals surface area contributed by atoms with Crippen molar-refractivity contribution < 1.29 is 0 Å². The minimum absolute atomic E-state index is 0.238. The summed E-state index contributed by atoms with van der Waals surface area (Å²) < 4.78 is 1.22. The van der Waals surface area contributed by atoms with Crippen LogP contribution in [0.1, 0.15) is 17.7 Å². The van der Waals surface area contributed by atoms with Crippen LogP contribution in [0.3, 0.4) is 0 Å². The van der Waals surface area contributed by atoms with Crippen LogP contribution in [0.4, 0.5) is 5.82 Å². The van der Waals surface area contributed by atoms with Gasteiger partial charge < -0.3 is 10.3 Å². The lowest BCUT2D eigenvalue weighted by atomic mass is 10.2. The number of hydrogen-bond donors (Lipinski definition) is 2. The Bertz CT molecular complexity index is 1340. The van der Waals surface area contributed by atoms with Gasteiger partial charge in [-0.05, 0) is 43.5 Å². The SMILES string of the molecule is O=c1[nH]c2ccccc2c(=O)n1CCNc1nc(-c2ccncc2)nc2c1CCC2. The number of rotatable bonds is 5. The highest BCUT2D eigenvalue weighted by atomic mass is 16.2. The summed E-state index contributed by atoms with van der Waals surface area (Å²) in [6.45, 7) is 0.642. The first kappa shape index (κ1) is 18.2. The first-order valence-electron chi connectivity index (χ1n) is 9.96. The largest absolute Gasteiger partial charge is 0.368 e. The molecule has 150 valence electrons. The van der Waals surface area contributed by atoms with E-state index in [2.05, 4.69) is 15.3 Å². The molecule has 5 rings (SSSR count). The molecule has 0 bridgehead atoms. The minimum Gasteiger partial charge on any atom is -0.368 e. The molecule has 0 spiro atoms. The topological polar surface area (TPSA) is 106 Å². The van der Waals surface area contributed by atoms with E-state index in [1.807, 2.05) is 12.1 Å². The van der Waals surface area contributed by atoms with Crippen LogP contribution in [0.15, 0.2) is 58.4 Å². The van der Waals surface area contributed by atoms with Crippen LogP contribution in [-0.4, -0.2) is 31.0 Å². The molecule has 0 aliphatic heterocycles. The molecule has 2 N–H and O–H groups in total. The van der Waals surface area contributed by atoms with Crippen LogP contribution in [0.2, 0.25) is 0 Å². The quantitative estimate of drug-likeness (QED) is 0.532. The van der Waals surface area contributed by atoms with Crippen molar-refractivity contribution in [1.82, 2.24) is 24.5 Å². The van der Waals surface area contributed by atoms with Gasteiger partial charge in [-0.15, -0.1) is 0 Å². The number of anilines is 1. The number of aromatic nitrogens is 5. The summed E-state index contributed by atoms with van der Waals surface area (Å²) in [5.41, 5.74) is 2.93. The summed E-state index contributed by atoms with van der Waals surface area (Å²) in [6.07, 6.45) is 6.33. The average Bonchev–Trinajstić information content (AvgIpc) is 3.25. The molecule has 0 unspecified atom stereocenters. The normalized spacial score (nSPS) is 12.8. The standard InChI is InChI=1S/C22H20N6O2/c29-21-16-4-1-2-6-18(16)26-22(30)28(21)13-12-24-20-15-5-3-7-17(15)25-19(27-20)14-8-10-23-11-9-14/h1-2,4,6,8-11H,3,5,7,12-13H2,(H,26,30)(H,24,25,27). The number of hydrogen-bond acceptors (Lipinski definition) is 6. The Hall–Kier alpha value is -3.81. The molecule has 3 heterocycles. The molecule has 30 heavy (non-hydrogen) atoms. The molecule has 8 nitrogen and oxygen atoms in total. The summed E-state index contributed by atoms with van der Waals surface area (Å²) in [6, 6.07) is 10.8. The fourth-order valence-corrected chi connectivity index (χ4v) is 3.90. The van der Waals surface area contributed by atoms with E-state index >= 15 is 0 Å². The number of H-pyrrole nitrogens is 1. The Labute approximate surface area is 171 Å². The van der Waals surface area contributed by atoms with Gasteiger partial charge in [0.2, 0.25) is 0 Å². The van der Waals surface area contributed by atoms with E-state index < -0.39 is 5.69 Å². The molecule has 1 aliphatic rings. The van der Waals surface area contributed by atoms with Gasteiger partial charge in [-0.25, -0.2) is 14.8 Å². The lowest BCUT2D eigenvalue weighted by Gasteiger charge is -2.13. The van der Waals surface area contributed by atoms with Gasteiger partial charge >= 0.3 is 5.69 Å². The number of aromatic amines is 1. The predicted molar refractivity (Wildman–Crippen MR) is 115 cm³/mol. The molecule has 0 radical (unpaired) electrons. The van der Waals surface area contributed by atoms with E-state index in [9.17, 15) is 9.59 Å². The maximum absolute atomic E-state index is 12.7. The summed E-state index contributed by atoms with van der Waals surface area (Å²) in [5, 5.41) is 3.83. The molecular weight excluding hydrogens is 380 g/mol. The highest BCUT2D eigenvalue weighted by molar-refractivity contribution is 5.76. The Morgan fingerprint density at radius 3 is 2.73 bits per heavy atom. The minimum atomic E-state index is -0.411. The van der Waals surface area contributed by atoms with Gasteiger partial charge in [-0.2, -0.15) is 0 Å². The van der Waals surface area contributed by atoms with Crippen molar-refractivity contribution in [2.24, 2.45) is 0 Å². The van der Waals surface area contributed by atoms with Crippen LogP contribution < -0.4 is 16.6 Å². The summed E-state index contributed by atoms with van der Waals surface area (Å²) in [7, 11) is 0. The molecule has 4 aromatic rings. The van der Waals surface area contributed by atoms with Gasteiger partial charge in [-0.1, -0.05) is 12.1 Å². The van der Waals surface area contributed by atoms with Crippen molar-refractivity contribution in [3.8, 4) is 11.4 Å². The molecule has 3 aromatic heterocycles. The second-order valence-electron chi connectivity index (χ2n) is 7.27. The van der Waals surface area contributed by atoms with Crippen LogP contribution >= 0.6 is 0 Å². The predicted octanol–water partition coefficient (Wildman–Crippen LogP) is 2.14. The van der Waals surface area contributed by atoms with Gasteiger partial charge in [-0.3, -0.25) is 14.3 Å². The maximum Gasteiger partial charge on any atom is 0.328 e. The first-order chi connectivity index (χ1) is 14.7. The highest BCUT2D eigenvalue weighted by Gasteiger charge is 2.20. The number of para-hydroxylation sites is 1. The van der Waals surface area contributed by atoms with E-state index in [0.717, 1.165) is 41.9 Å². The zero-order valence-corrected chi connectivity index (χ0v) is 16.3. The number of nitrogens with zero attached hydrogens (tertiary/aromatic N) is 4. The second-order valence-corrected chi connectivity index (χ2v) is 7.27. The lowest BCUT2D eigenvalue weighted by molar-refractivity contribution is 0.659. The van der Waals surface area contributed by atoms with Crippen molar-refractivity contribution in [3.63, 3.8) is 0 Å². The third-order valence-corrected chi connectivity index (χ3v) is 5.39. The Morgan fingerprint density at radius 1 is 1.03 bits per heavy atom. The van der Waals surface area contributed by atoms with Crippen molar-refractivity contribution >= 4 is 16.7 Å². The molecule has 0 saturated carbocycles. The monoisotopic (exact) mass is 400 g/mol. The average molecular weight is 400 g/mol. The number of benzene rings is 1. The number of fused-ring (bicyclic) bond motifs is 2. The molecule has 8 heteroatoms. The van der Waals surface area contributed by atoms with Gasteiger partial charge in [0.25, 0.3) is 5.56 Å². The Balaban J connectivity index is 1.43. The lowest BCUT2D eigenvalue weighted by Crippen LogP contribution is -2.36. The molecule has 1 aliphatic carbocycles. The zero-order chi connectivity index (χ0) is 20.5. The van der Waals surface area contributed by atoms with Crippen molar-refractivity contribution in [2.75, 3.05) is 11.9 Å². The fraction of sp³-hybridized carbons (Fsp3) is 0.227. The smallest absolute Gasteiger partial charge is 0.328 e. The molecule has 0 fully saturated rings. The Kier molecular flexibility index (Phi) is 4.59. The van der Waals surface area contributed by atoms with Gasteiger partial charge in [0, 0.05) is 42.3 Å². The van der Waals surface area contributed by atoms with Gasteiger partial charge in [0.1, 0.15) is 5.82 Å². The van der Waals surface area contributed by atoms with Gasteiger partial charge in [0.15, 0.2) is 5.82 Å². The van der Waals surface area contributed by atoms with Crippen LogP contribution in [0.25, 0.3) is 22.3 Å². The van der Waals surface area contributed by atoms with E-state index in [1.54, 1.807) is 36.7 Å². The fourth-order valence-electron chi connectivity index (χ4n) is 3.90. The summed E-state index contributed by atoms with van der Waals surface area (Å²) in [4.78, 5) is 41.3. The van der Waals surface area contributed by atoms with E-state index in [1.165, 1.54) is 4.57 Å². The van der Waals surface area contributed by atoms with Crippen molar-refractivity contribution in [1.29, 1.82) is 0 Å². The molecule has 0 amide bonds.